The first-order valence-electron chi connectivity index (χ1n) is 10.6. The summed E-state index contributed by atoms with van der Waals surface area (Å²) >= 11 is 0. The third kappa shape index (κ3) is 18.9. The van der Waals surface area contributed by atoms with E-state index >= 15 is 0 Å². The molecule has 6 nitrogen and oxygen atoms in total. The lowest BCUT2D eigenvalue weighted by Gasteiger charge is -2.15. The lowest BCUT2D eigenvalue weighted by Crippen LogP contribution is -2.15. The smallest absolute Gasteiger partial charge is 0.341 e. The second-order valence-electron chi connectivity index (χ2n) is 7.15. The Hall–Kier alpha value is -1.85. The molecule has 0 saturated heterocycles. The number of aliphatic carboxylic acids is 1. The van der Waals surface area contributed by atoms with Gasteiger partial charge in [-0.15, -0.1) is 0 Å². The van der Waals surface area contributed by atoms with Crippen LogP contribution >= 0.6 is 0 Å². The summed E-state index contributed by atoms with van der Waals surface area (Å²) in [6.45, 7) is 3.10. The fraction of sp³-hybridized carbons (Fsp3) is 0.773. The van der Waals surface area contributed by atoms with Crippen LogP contribution in [-0.4, -0.2) is 35.7 Å². The van der Waals surface area contributed by atoms with Crippen LogP contribution in [0.3, 0.4) is 0 Å². The van der Waals surface area contributed by atoms with Gasteiger partial charge in [0.05, 0.1) is 0 Å². The maximum absolute atomic E-state index is 11.2. The van der Waals surface area contributed by atoms with Gasteiger partial charge >= 0.3 is 17.9 Å². The molecule has 28 heavy (non-hydrogen) atoms. The number of unbranched alkanes of at least 4 members (excludes halogenated alkanes) is 8. The normalized spacial score (nSPS) is 12.1. The van der Waals surface area contributed by atoms with Crippen LogP contribution in [0, 0.1) is 0 Å². The summed E-state index contributed by atoms with van der Waals surface area (Å²) in [6.07, 6.45) is 16.9. The highest BCUT2D eigenvalue weighted by atomic mass is 16.6. The first-order chi connectivity index (χ1) is 13.5. The van der Waals surface area contributed by atoms with Gasteiger partial charge in [0, 0.05) is 19.8 Å². The Labute approximate surface area is 169 Å². The largest absolute Gasteiger partial charge is 0.479 e. The Bertz CT molecular complexity index is 458. The zero-order valence-corrected chi connectivity index (χ0v) is 17.6. The number of hydrogen-bond donors (Lipinski definition) is 1. The molecular weight excluding hydrogens is 360 g/mol. The molecule has 0 amide bonds. The number of carbonyl (C=O) groups excluding carboxylic acids is 2. The molecule has 1 atom stereocenters. The van der Waals surface area contributed by atoms with Crippen LogP contribution in [0.15, 0.2) is 12.2 Å². The van der Waals surface area contributed by atoms with Gasteiger partial charge in [-0.1, -0.05) is 57.6 Å². The topological polar surface area (TPSA) is 89.9 Å². The van der Waals surface area contributed by atoms with Crippen LogP contribution < -0.4 is 0 Å². The van der Waals surface area contributed by atoms with Gasteiger partial charge in [0.15, 0.2) is 6.61 Å². The van der Waals surface area contributed by atoms with Gasteiger partial charge in [-0.2, -0.15) is 0 Å². The minimum absolute atomic E-state index is 0.00788. The van der Waals surface area contributed by atoms with Crippen molar-refractivity contribution in [2.24, 2.45) is 0 Å². The average molecular weight is 399 g/mol. The van der Waals surface area contributed by atoms with Crippen LogP contribution in [0.1, 0.15) is 97.3 Å². The number of allylic oxidation sites excluding steroid dienone is 1. The summed E-state index contributed by atoms with van der Waals surface area (Å²) in [5, 5.41) is 8.41. The molecule has 0 heterocycles. The molecule has 0 aromatic carbocycles. The van der Waals surface area contributed by atoms with Crippen molar-refractivity contribution in [3.05, 3.63) is 12.2 Å². The van der Waals surface area contributed by atoms with Gasteiger partial charge < -0.3 is 14.6 Å². The van der Waals surface area contributed by atoms with E-state index in [1.807, 2.05) is 0 Å². The highest BCUT2D eigenvalue weighted by Crippen LogP contribution is 2.13. The van der Waals surface area contributed by atoms with Crippen molar-refractivity contribution in [1.29, 1.82) is 0 Å². The molecule has 0 radical (unpaired) electrons. The van der Waals surface area contributed by atoms with E-state index < -0.39 is 18.5 Å². The molecule has 0 spiro atoms. The van der Waals surface area contributed by atoms with E-state index in [0.717, 1.165) is 57.8 Å². The molecule has 1 unspecified atom stereocenters. The van der Waals surface area contributed by atoms with Crippen molar-refractivity contribution < 1.29 is 29.0 Å². The lowest BCUT2D eigenvalue weighted by atomic mass is 10.1. The molecule has 1 N–H and O–H groups in total. The Kier molecular flexibility index (Phi) is 17.3. The van der Waals surface area contributed by atoms with Crippen LogP contribution in [0.2, 0.25) is 0 Å². The van der Waals surface area contributed by atoms with Crippen molar-refractivity contribution >= 4 is 17.9 Å². The van der Waals surface area contributed by atoms with Crippen molar-refractivity contribution in [3.63, 3.8) is 0 Å². The van der Waals surface area contributed by atoms with Crippen molar-refractivity contribution in [3.8, 4) is 0 Å². The van der Waals surface area contributed by atoms with Crippen LogP contribution in [0.5, 0.6) is 0 Å². The number of ether oxygens (including phenoxy) is 2. The van der Waals surface area contributed by atoms with Crippen molar-refractivity contribution in [2.45, 2.75) is 103 Å². The highest BCUT2D eigenvalue weighted by Gasteiger charge is 2.09. The van der Waals surface area contributed by atoms with Crippen molar-refractivity contribution in [2.75, 3.05) is 6.61 Å². The molecule has 162 valence electrons. The number of esters is 2. The summed E-state index contributed by atoms with van der Waals surface area (Å²) in [4.78, 5) is 32.7. The first kappa shape index (κ1) is 26.1. The molecule has 0 rings (SSSR count). The van der Waals surface area contributed by atoms with E-state index in [1.54, 1.807) is 0 Å². The number of carboxylic acid groups (broad SMARTS) is 1. The minimum Gasteiger partial charge on any atom is -0.479 e. The zero-order valence-electron chi connectivity index (χ0n) is 17.6. The molecule has 0 aliphatic carbocycles. The summed E-state index contributed by atoms with van der Waals surface area (Å²) in [7, 11) is 0. The van der Waals surface area contributed by atoms with Gasteiger partial charge in [0.25, 0.3) is 0 Å². The molecule has 0 bridgehead atoms. The maximum Gasteiger partial charge on any atom is 0.341 e. The van der Waals surface area contributed by atoms with Crippen molar-refractivity contribution in [1.82, 2.24) is 0 Å². The minimum atomic E-state index is -1.13. The molecule has 6 heteroatoms. The van der Waals surface area contributed by atoms with Crippen LogP contribution in [0.25, 0.3) is 0 Å². The maximum atomic E-state index is 11.2. The standard InChI is InChI=1S/C22H38O6/c1-3-4-5-12-15-20(28-19(2)23)16-13-10-8-6-7-9-11-14-17-22(26)27-18-21(24)25/h10,13,20H,3-9,11-12,14-18H2,1-2H3,(H,24,25)/b13-10+. The van der Waals surface area contributed by atoms with Crippen LogP contribution in [-0.2, 0) is 23.9 Å². The second-order valence-corrected chi connectivity index (χ2v) is 7.15. The van der Waals surface area contributed by atoms with Gasteiger partial charge in [-0.05, 0) is 32.1 Å². The number of hydrogen-bond acceptors (Lipinski definition) is 5. The number of carbonyl (C=O) groups is 3. The van der Waals surface area contributed by atoms with Gasteiger partial charge in [-0.25, -0.2) is 4.79 Å². The SMILES string of the molecule is CCCCCCC(C/C=C/CCCCCCCC(=O)OCC(=O)O)OC(C)=O. The summed E-state index contributed by atoms with van der Waals surface area (Å²) in [6, 6.07) is 0. The molecule has 0 aromatic heterocycles. The molecular formula is C22H38O6. The molecule has 0 aromatic rings. The molecule has 0 aliphatic heterocycles. The lowest BCUT2D eigenvalue weighted by molar-refractivity contribution is -0.155. The number of carboxylic acids is 1. The molecule has 0 saturated carbocycles. The Morgan fingerprint density at radius 1 is 0.929 bits per heavy atom. The molecule has 0 fully saturated rings. The third-order valence-corrected chi connectivity index (χ3v) is 4.39. The van der Waals surface area contributed by atoms with E-state index in [1.165, 1.54) is 26.2 Å². The molecule has 0 aliphatic rings. The van der Waals surface area contributed by atoms with Gasteiger partial charge in [0.1, 0.15) is 6.10 Å². The monoisotopic (exact) mass is 398 g/mol. The second kappa shape index (κ2) is 18.5. The Morgan fingerprint density at radius 2 is 1.61 bits per heavy atom. The van der Waals surface area contributed by atoms with E-state index in [2.05, 4.69) is 23.8 Å². The van der Waals surface area contributed by atoms with E-state index in [4.69, 9.17) is 9.84 Å². The quantitative estimate of drug-likeness (QED) is 0.194. The fourth-order valence-electron chi connectivity index (χ4n) is 2.90. The summed E-state index contributed by atoms with van der Waals surface area (Å²) < 4.78 is 9.97. The van der Waals surface area contributed by atoms with E-state index in [9.17, 15) is 14.4 Å². The Morgan fingerprint density at radius 3 is 2.29 bits per heavy atom. The van der Waals surface area contributed by atoms with Crippen LogP contribution in [0.4, 0.5) is 0 Å². The predicted molar refractivity (Wildman–Crippen MR) is 109 cm³/mol. The number of rotatable bonds is 18. The fourth-order valence-corrected chi connectivity index (χ4v) is 2.90. The van der Waals surface area contributed by atoms with Gasteiger partial charge in [0.2, 0.25) is 0 Å². The van der Waals surface area contributed by atoms with E-state index in [0.29, 0.717) is 0 Å². The highest BCUT2D eigenvalue weighted by molar-refractivity contribution is 5.75. The first-order valence-corrected chi connectivity index (χ1v) is 10.6. The zero-order chi connectivity index (χ0) is 21.0. The third-order valence-electron chi connectivity index (χ3n) is 4.39. The Balaban J connectivity index is 3.68. The van der Waals surface area contributed by atoms with Gasteiger partial charge in [-0.3, -0.25) is 9.59 Å². The predicted octanol–water partition coefficient (Wildman–Crippen LogP) is 5.19. The van der Waals surface area contributed by atoms with E-state index in [-0.39, 0.29) is 18.5 Å². The summed E-state index contributed by atoms with van der Waals surface area (Å²) in [5.74, 6) is -1.78. The summed E-state index contributed by atoms with van der Waals surface area (Å²) in [5.41, 5.74) is 0. The average Bonchev–Trinajstić information content (AvgIpc) is 2.64.